The largest absolute Gasteiger partial charge is 0.497 e. The third-order valence-electron chi connectivity index (χ3n) is 19.3. The van der Waals surface area contributed by atoms with Crippen molar-refractivity contribution in [2.45, 2.75) is 119 Å². The van der Waals surface area contributed by atoms with Gasteiger partial charge in [-0.1, -0.05) is 97.2 Å². The number of rotatable bonds is 30. The highest BCUT2D eigenvalue weighted by molar-refractivity contribution is 7.89. The zero-order valence-corrected chi connectivity index (χ0v) is 61.2. The van der Waals surface area contributed by atoms with Gasteiger partial charge in [0.2, 0.25) is 11.6 Å². The molecule has 0 bridgehead atoms. The predicted octanol–water partition coefficient (Wildman–Crippen LogP) is 11.4. The Morgan fingerprint density at radius 2 is 1.32 bits per heavy atom. The van der Waals surface area contributed by atoms with Crippen LogP contribution in [0.15, 0.2) is 178 Å². The summed E-state index contributed by atoms with van der Waals surface area (Å²) in [6.07, 6.45) is 11.5. The number of methoxy groups -OCH3 is 1. The number of carbonyl (C=O) groups is 3. The maximum absolute atomic E-state index is 14.4. The number of carbonyl (C=O) groups excluding carboxylic acids is 3. The average molecular weight is 1450 g/mol. The molecule has 3 aliphatic heterocycles. The van der Waals surface area contributed by atoms with Gasteiger partial charge in [-0.3, -0.25) is 23.6 Å². The fourth-order valence-electron chi connectivity index (χ4n) is 14.0. The number of amides is 2. The summed E-state index contributed by atoms with van der Waals surface area (Å²) in [5.74, 6) is 4.95. The molecule has 3 aliphatic rings. The van der Waals surface area contributed by atoms with E-state index in [2.05, 4.69) is 83.4 Å². The molecule has 23 nitrogen and oxygen atoms in total. The van der Waals surface area contributed by atoms with E-state index < -0.39 is 59.2 Å². The van der Waals surface area contributed by atoms with Gasteiger partial charge in [0.15, 0.2) is 11.8 Å². The maximum atomic E-state index is 14.4. The highest BCUT2D eigenvalue weighted by Crippen LogP contribution is 2.52. The summed E-state index contributed by atoms with van der Waals surface area (Å²) >= 11 is 0. The zero-order valence-electron chi connectivity index (χ0n) is 58.8. The van der Waals surface area contributed by atoms with Crippen molar-refractivity contribution in [1.29, 1.82) is 0 Å². The second-order valence-corrected chi connectivity index (χ2v) is 31.2. The number of nitrogens with two attached hydrogens (primary N) is 1. The van der Waals surface area contributed by atoms with Crippen LogP contribution in [0.1, 0.15) is 94.5 Å². The Morgan fingerprint density at radius 3 is 1.94 bits per heavy atom. The summed E-state index contributed by atoms with van der Waals surface area (Å²) in [5, 5.41) is 5.81. The van der Waals surface area contributed by atoms with Gasteiger partial charge in [0, 0.05) is 93.2 Å². The lowest BCUT2D eigenvalue weighted by atomic mass is 9.78. The highest BCUT2D eigenvalue weighted by Gasteiger charge is 2.46. The van der Waals surface area contributed by atoms with Crippen LogP contribution < -0.4 is 20.9 Å². The zero-order chi connectivity index (χ0) is 73.3. The van der Waals surface area contributed by atoms with E-state index in [9.17, 15) is 48.7 Å². The van der Waals surface area contributed by atoms with Crippen molar-refractivity contribution < 1.29 is 77.2 Å². The molecule has 0 aromatic heterocycles. The van der Waals surface area contributed by atoms with Gasteiger partial charge in [-0.2, -0.15) is 27.3 Å². The van der Waals surface area contributed by atoms with Gasteiger partial charge in [0.1, 0.15) is 18.9 Å². The molecule has 1 saturated heterocycles. The summed E-state index contributed by atoms with van der Waals surface area (Å²) in [6.45, 7) is 17.9. The number of hydroxylamine groups is 1. The normalized spacial score (nSPS) is 16.2. The first-order valence-electron chi connectivity index (χ1n) is 34.0. The number of sulfonamides is 1. The summed E-state index contributed by atoms with van der Waals surface area (Å²) in [5.41, 5.74) is 8.33. The number of piperazine rings is 1. The summed E-state index contributed by atoms with van der Waals surface area (Å²) < 4.78 is 119. The highest BCUT2D eigenvalue weighted by atomic mass is 32.2. The Labute approximate surface area is 597 Å². The van der Waals surface area contributed by atoms with Gasteiger partial charge < -0.3 is 34.2 Å². The lowest BCUT2D eigenvalue weighted by Gasteiger charge is -2.34. The van der Waals surface area contributed by atoms with Crippen LogP contribution in [0.4, 0.5) is 16.2 Å². The number of fused-ring (bicyclic) bond motifs is 6. The Balaban J connectivity index is 0.742. The Bertz CT molecular complexity index is 4750. The fourth-order valence-corrected chi connectivity index (χ4v) is 16.6. The average Bonchev–Trinajstić information content (AvgIpc) is 1.56. The van der Waals surface area contributed by atoms with Crippen LogP contribution in [0.5, 0.6) is 5.75 Å². The standard InChI is InChI=1S/C76H89N7O16S3/c1-9-81-65-34-32-61-52(2)47-59(101(89,90)91)49-63(61)71(65)75(4,5)68(81)21-15-11-16-22-69-76(6,7)72-64-50-60(102(92,93)94)48-53(3)62(64)33-35-66(72)82(69)38-18-12-17-23-70(84)80-41-39-79(40-42-80)43-44-96-45-46-98-83(67(73(85)99-77)36-37-78-74(86)97-51-54-19-13-10-14-20-54)100(87,88)58-30-26-56(27-31-58)55-24-28-57(95-8)29-25-55/h10-11,13-16,19-22,24-35,47-50,67H,9,12,17-18,23,36-46,51,77H2,1-8H3,(H2-,78,86,89,90,91,92,93,94)/p+1/t67-/m1/s1. The molecule has 1 fully saturated rings. The molecular formula is C76H90N7O16S3+. The molecule has 0 unspecified atom stereocenters. The number of benzene rings is 7. The minimum absolute atomic E-state index is 0.0170. The van der Waals surface area contributed by atoms with Crippen molar-refractivity contribution in [2.75, 3.05) is 84.2 Å². The van der Waals surface area contributed by atoms with Crippen molar-refractivity contribution in [3.8, 4) is 16.9 Å². The van der Waals surface area contributed by atoms with Crippen LogP contribution in [0.2, 0.25) is 0 Å². The van der Waals surface area contributed by atoms with Crippen molar-refractivity contribution in [3.05, 3.63) is 191 Å². The first-order valence-corrected chi connectivity index (χ1v) is 38.3. The summed E-state index contributed by atoms with van der Waals surface area (Å²) in [7, 11) is -12.0. The number of hydrogen-bond acceptors (Lipinski definition) is 17. The molecule has 0 spiro atoms. The van der Waals surface area contributed by atoms with Gasteiger partial charge in [0.25, 0.3) is 30.3 Å². The minimum Gasteiger partial charge on any atom is -0.497 e. The smallest absolute Gasteiger partial charge is 0.407 e. The van der Waals surface area contributed by atoms with Gasteiger partial charge in [-0.15, -0.1) is 0 Å². The molecule has 3 heterocycles. The number of alkyl carbamates (subject to hydrolysis) is 1. The fraction of sp³-hybridized carbons (Fsp3) is 0.368. The minimum atomic E-state index is -4.60. The molecule has 10 rings (SSSR count). The van der Waals surface area contributed by atoms with Crippen LogP contribution in [-0.4, -0.2) is 162 Å². The third-order valence-corrected chi connectivity index (χ3v) is 22.6. The summed E-state index contributed by atoms with van der Waals surface area (Å²) in [6, 6.07) is 34.9. The number of unbranched alkanes of at least 4 members (excludes halogenated alkanes) is 2. The molecule has 542 valence electrons. The Morgan fingerprint density at radius 1 is 0.696 bits per heavy atom. The molecule has 0 saturated carbocycles. The van der Waals surface area contributed by atoms with Crippen LogP contribution in [0.3, 0.4) is 0 Å². The van der Waals surface area contributed by atoms with E-state index in [1.165, 1.54) is 24.3 Å². The predicted molar refractivity (Wildman–Crippen MR) is 391 cm³/mol. The maximum Gasteiger partial charge on any atom is 0.407 e. The monoisotopic (exact) mass is 1450 g/mol. The Kier molecular flexibility index (Phi) is 24.1. The van der Waals surface area contributed by atoms with Gasteiger partial charge in [0.05, 0.1) is 47.0 Å². The number of anilines is 1. The van der Waals surface area contributed by atoms with E-state index in [0.717, 1.165) is 85.0 Å². The van der Waals surface area contributed by atoms with Crippen molar-refractivity contribution in [2.24, 2.45) is 5.90 Å². The Hall–Kier alpha value is -8.67. The van der Waals surface area contributed by atoms with E-state index in [1.54, 1.807) is 67.8 Å². The lowest BCUT2D eigenvalue weighted by molar-refractivity contribution is -0.438. The lowest BCUT2D eigenvalue weighted by Crippen LogP contribution is -2.49. The number of likely N-dealkylation sites (N-methyl/N-ethyl adjacent to an activating group) is 1. The molecule has 7 aromatic carbocycles. The molecule has 2 amide bonds. The van der Waals surface area contributed by atoms with Crippen molar-refractivity contribution in [1.82, 2.24) is 19.6 Å². The van der Waals surface area contributed by atoms with Gasteiger partial charge >= 0.3 is 12.1 Å². The van der Waals surface area contributed by atoms with Crippen LogP contribution in [0.25, 0.3) is 32.7 Å². The van der Waals surface area contributed by atoms with Crippen molar-refractivity contribution in [3.63, 3.8) is 0 Å². The molecule has 0 radical (unpaired) electrons. The van der Waals surface area contributed by atoms with Crippen molar-refractivity contribution >= 4 is 86.9 Å². The van der Waals surface area contributed by atoms with Gasteiger partial charge in [-0.05, 0) is 176 Å². The number of nitrogens with one attached hydrogen (secondary N) is 1. The van der Waals surface area contributed by atoms with E-state index in [1.807, 2.05) is 67.3 Å². The second kappa shape index (κ2) is 32.3. The molecule has 26 heteroatoms. The number of aryl methyl sites for hydroxylation is 2. The van der Waals surface area contributed by atoms with E-state index in [4.69, 9.17) is 24.9 Å². The molecular weight excluding hydrogens is 1360 g/mol. The third kappa shape index (κ3) is 17.0. The quantitative estimate of drug-likeness (QED) is 0.0107. The number of ether oxygens (including phenoxy) is 3. The second-order valence-electron chi connectivity index (χ2n) is 26.6. The SMILES string of the molecule is CCN1C(=CC=CC=CC2=[N+](CCCCCC(=O)N3CCN(CCOCCON([C@H](CCNC(=O)OCc4ccccc4)C(=O)ON)S(=O)(=O)c4ccc(-c5ccc(OC)cc5)cc4)CC3)c3ccc4c(C)cc(S(=O)(=O)O)cc4c3C2(C)C)C(C)(C)c2c1ccc1c(C)cc(S(=O)(=O)O)cc21. The molecule has 5 N–H and O–H groups in total. The first-order chi connectivity index (χ1) is 48.6. The van der Waals surface area contributed by atoms with Crippen LogP contribution in [-0.2, 0) is 76.4 Å². The van der Waals surface area contributed by atoms with Crippen LogP contribution >= 0.6 is 0 Å². The summed E-state index contributed by atoms with van der Waals surface area (Å²) in [4.78, 5) is 55.9. The van der Waals surface area contributed by atoms with E-state index >= 15 is 0 Å². The molecule has 7 aromatic rings. The number of nitrogens with zero attached hydrogens (tertiary/aromatic N) is 5. The number of hydrogen-bond donors (Lipinski definition) is 4. The first kappa shape index (κ1) is 76.0. The van der Waals surface area contributed by atoms with E-state index in [-0.39, 0.29) is 60.0 Å². The molecule has 0 aliphatic carbocycles. The molecule has 102 heavy (non-hydrogen) atoms. The van der Waals surface area contributed by atoms with Gasteiger partial charge in [-0.25, -0.2) is 18.0 Å². The molecule has 1 atom stereocenters. The van der Waals surface area contributed by atoms with Crippen LogP contribution in [0, 0.1) is 13.8 Å². The van der Waals surface area contributed by atoms with E-state index in [0.29, 0.717) is 80.0 Å². The number of allylic oxidation sites excluding steroid dienone is 6. The topological polar surface area (TPSA) is 294 Å².